The van der Waals surface area contributed by atoms with Gasteiger partial charge in [-0.1, -0.05) is 42.5 Å². The monoisotopic (exact) mass is 541 g/mol. The summed E-state index contributed by atoms with van der Waals surface area (Å²) in [5.41, 5.74) is 12.1. The minimum Gasteiger partial charge on any atom is -0.383 e. The van der Waals surface area contributed by atoms with Gasteiger partial charge in [-0.2, -0.15) is 0 Å². The third-order valence-electron chi connectivity index (χ3n) is 6.64. The molecule has 0 aliphatic carbocycles. The van der Waals surface area contributed by atoms with Gasteiger partial charge in [0.1, 0.15) is 11.3 Å². The first-order valence-electron chi connectivity index (χ1n) is 12.8. The van der Waals surface area contributed by atoms with Crippen LogP contribution in [0.25, 0.3) is 39.5 Å². The average Bonchev–Trinajstić information content (AvgIpc) is 3.39. The maximum absolute atomic E-state index is 12.6. The predicted molar refractivity (Wildman–Crippen MR) is 156 cm³/mol. The molecule has 6 rings (SSSR count). The van der Waals surface area contributed by atoms with Crippen LogP contribution in [0.5, 0.6) is 0 Å². The molecule has 3 N–H and O–H groups in total. The van der Waals surface area contributed by atoms with Gasteiger partial charge >= 0.3 is 0 Å². The van der Waals surface area contributed by atoms with Crippen molar-refractivity contribution in [1.29, 1.82) is 0 Å². The van der Waals surface area contributed by atoms with Crippen LogP contribution in [0.3, 0.4) is 0 Å². The Morgan fingerprint density at radius 2 is 1.63 bits per heavy atom. The van der Waals surface area contributed by atoms with Gasteiger partial charge in [-0.05, 0) is 54.1 Å². The molecular weight excluding hydrogens is 518 g/mol. The molecule has 10 heteroatoms. The number of nitrogens with two attached hydrogens (primary N) is 1. The SMILES string of the molecule is Nc1ncccc1-c1nc2ccc(-c3ccccc3)nc2n1-c1ccc(CNC(=O)c2ccc([N+](=O)[O-])cc2)cc1. The highest BCUT2D eigenvalue weighted by molar-refractivity contribution is 5.94. The van der Waals surface area contributed by atoms with Crippen molar-refractivity contribution < 1.29 is 9.72 Å². The summed E-state index contributed by atoms with van der Waals surface area (Å²) in [6, 6.07) is 30.7. The Hall–Kier alpha value is -5.90. The second kappa shape index (κ2) is 10.7. The maximum atomic E-state index is 12.6. The molecule has 0 radical (unpaired) electrons. The van der Waals surface area contributed by atoms with Crippen LogP contribution < -0.4 is 11.1 Å². The minimum absolute atomic E-state index is 0.0676. The number of benzene rings is 3. The molecule has 0 unspecified atom stereocenters. The van der Waals surface area contributed by atoms with E-state index in [4.69, 9.17) is 15.7 Å². The molecule has 0 bridgehead atoms. The molecule has 6 aromatic rings. The molecule has 0 saturated carbocycles. The summed E-state index contributed by atoms with van der Waals surface area (Å²) in [7, 11) is 0. The number of nitro benzene ring substituents is 1. The number of rotatable bonds is 7. The van der Waals surface area contributed by atoms with Gasteiger partial charge in [0, 0.05) is 41.7 Å². The van der Waals surface area contributed by atoms with Crippen LogP contribution in [0.2, 0.25) is 0 Å². The van der Waals surface area contributed by atoms with Crippen molar-refractivity contribution in [3.63, 3.8) is 0 Å². The van der Waals surface area contributed by atoms with Gasteiger partial charge < -0.3 is 11.1 Å². The van der Waals surface area contributed by atoms with Crippen LogP contribution in [-0.4, -0.2) is 30.3 Å². The molecule has 3 heterocycles. The van der Waals surface area contributed by atoms with Crippen molar-refractivity contribution in [1.82, 2.24) is 24.8 Å². The summed E-state index contributed by atoms with van der Waals surface area (Å²) in [5, 5.41) is 13.7. The molecule has 0 fully saturated rings. The smallest absolute Gasteiger partial charge is 0.269 e. The van der Waals surface area contributed by atoms with Gasteiger partial charge in [-0.3, -0.25) is 19.5 Å². The number of imidazole rings is 1. The third kappa shape index (κ3) is 5.09. The number of pyridine rings is 2. The quantitative estimate of drug-likeness (QED) is 0.199. The number of nitro groups is 1. The normalized spacial score (nSPS) is 10.9. The van der Waals surface area contributed by atoms with Crippen LogP contribution >= 0.6 is 0 Å². The molecule has 0 aliphatic rings. The number of hydrogen-bond acceptors (Lipinski definition) is 7. The Balaban J connectivity index is 1.33. The number of fused-ring (bicyclic) bond motifs is 1. The Bertz CT molecular complexity index is 1880. The number of carbonyl (C=O) groups is 1. The highest BCUT2D eigenvalue weighted by Crippen LogP contribution is 2.31. The lowest BCUT2D eigenvalue weighted by molar-refractivity contribution is -0.384. The van der Waals surface area contributed by atoms with E-state index in [0.29, 0.717) is 33.9 Å². The number of nitrogens with one attached hydrogen (secondary N) is 1. The second-order valence-corrected chi connectivity index (χ2v) is 9.27. The van der Waals surface area contributed by atoms with Crippen molar-refractivity contribution in [3.05, 3.63) is 131 Å². The molecule has 3 aromatic carbocycles. The highest BCUT2D eigenvalue weighted by Gasteiger charge is 2.19. The molecule has 200 valence electrons. The number of aromatic nitrogens is 4. The average molecular weight is 542 g/mol. The zero-order chi connectivity index (χ0) is 28.3. The van der Waals surface area contributed by atoms with E-state index >= 15 is 0 Å². The zero-order valence-electron chi connectivity index (χ0n) is 21.6. The van der Waals surface area contributed by atoms with E-state index in [2.05, 4.69) is 10.3 Å². The van der Waals surface area contributed by atoms with Gasteiger partial charge in [0.15, 0.2) is 11.5 Å². The number of non-ortho nitro benzene ring substituents is 1. The van der Waals surface area contributed by atoms with Crippen LogP contribution in [0.15, 0.2) is 109 Å². The molecule has 0 spiro atoms. The third-order valence-corrected chi connectivity index (χ3v) is 6.64. The first kappa shape index (κ1) is 25.4. The van der Waals surface area contributed by atoms with Gasteiger partial charge in [0.05, 0.1) is 16.2 Å². The molecule has 0 saturated heterocycles. The molecule has 0 atom stereocenters. The Labute approximate surface area is 234 Å². The summed E-state index contributed by atoms with van der Waals surface area (Å²) in [4.78, 5) is 37.0. The molecule has 10 nitrogen and oxygen atoms in total. The Kier molecular flexibility index (Phi) is 6.62. The largest absolute Gasteiger partial charge is 0.383 e. The first-order chi connectivity index (χ1) is 20.0. The lowest BCUT2D eigenvalue weighted by Gasteiger charge is -2.12. The zero-order valence-corrected chi connectivity index (χ0v) is 21.6. The van der Waals surface area contributed by atoms with E-state index < -0.39 is 4.92 Å². The van der Waals surface area contributed by atoms with E-state index in [1.165, 1.54) is 24.3 Å². The van der Waals surface area contributed by atoms with E-state index in [-0.39, 0.29) is 18.1 Å². The van der Waals surface area contributed by atoms with Crippen LogP contribution in [0.1, 0.15) is 15.9 Å². The summed E-state index contributed by atoms with van der Waals surface area (Å²) in [5.74, 6) is 0.650. The topological polar surface area (TPSA) is 142 Å². The van der Waals surface area contributed by atoms with E-state index in [1.54, 1.807) is 6.20 Å². The first-order valence-corrected chi connectivity index (χ1v) is 12.8. The number of nitrogens with zero attached hydrogens (tertiary/aromatic N) is 5. The van der Waals surface area contributed by atoms with E-state index in [1.807, 2.05) is 83.4 Å². The van der Waals surface area contributed by atoms with Crippen LogP contribution in [0.4, 0.5) is 11.5 Å². The van der Waals surface area contributed by atoms with Crippen LogP contribution in [0, 0.1) is 10.1 Å². The fourth-order valence-corrected chi connectivity index (χ4v) is 4.54. The molecule has 0 aliphatic heterocycles. The van der Waals surface area contributed by atoms with Gasteiger partial charge in [0.25, 0.3) is 11.6 Å². The van der Waals surface area contributed by atoms with Gasteiger partial charge in [0.2, 0.25) is 0 Å². The van der Waals surface area contributed by atoms with Gasteiger partial charge in [-0.25, -0.2) is 15.0 Å². The van der Waals surface area contributed by atoms with E-state index in [0.717, 1.165) is 22.5 Å². The highest BCUT2D eigenvalue weighted by atomic mass is 16.6. The van der Waals surface area contributed by atoms with Crippen molar-refractivity contribution in [2.24, 2.45) is 0 Å². The molecule has 41 heavy (non-hydrogen) atoms. The fourth-order valence-electron chi connectivity index (χ4n) is 4.54. The molecular formula is C31H23N7O3. The number of nitrogen functional groups attached to an aromatic ring is 1. The number of anilines is 1. The second-order valence-electron chi connectivity index (χ2n) is 9.27. The lowest BCUT2D eigenvalue weighted by atomic mass is 10.1. The van der Waals surface area contributed by atoms with Gasteiger partial charge in [-0.15, -0.1) is 0 Å². The Morgan fingerprint density at radius 1 is 0.878 bits per heavy atom. The fraction of sp³-hybridized carbons (Fsp3) is 0.0323. The maximum Gasteiger partial charge on any atom is 0.269 e. The summed E-state index contributed by atoms with van der Waals surface area (Å²) >= 11 is 0. The standard InChI is InChI=1S/C31H23N7O3/c32-28-25(7-4-18-33-28)29-36-27-17-16-26(21-5-2-1-3-6-21)35-30(27)37(29)23-12-8-20(9-13-23)19-34-31(39)22-10-14-24(15-11-22)38(40)41/h1-18H,19H2,(H2,32,33)(H,34,39). The number of amides is 1. The van der Waals surface area contributed by atoms with Crippen LogP contribution in [-0.2, 0) is 6.54 Å². The summed E-state index contributed by atoms with van der Waals surface area (Å²) < 4.78 is 1.95. The number of carbonyl (C=O) groups excluding carboxylic acids is 1. The Morgan fingerprint density at radius 3 is 2.34 bits per heavy atom. The molecule has 1 amide bonds. The summed E-state index contributed by atoms with van der Waals surface area (Å²) in [6.07, 6.45) is 1.64. The van der Waals surface area contributed by atoms with E-state index in [9.17, 15) is 14.9 Å². The van der Waals surface area contributed by atoms with Crippen molar-refractivity contribution >= 4 is 28.6 Å². The predicted octanol–water partition coefficient (Wildman–Crippen LogP) is 5.57. The lowest BCUT2D eigenvalue weighted by Crippen LogP contribution is -2.22. The minimum atomic E-state index is -0.501. The summed E-state index contributed by atoms with van der Waals surface area (Å²) in [6.45, 7) is 0.277. The van der Waals surface area contributed by atoms with Crippen molar-refractivity contribution in [3.8, 4) is 28.3 Å². The van der Waals surface area contributed by atoms with Crippen molar-refractivity contribution in [2.75, 3.05) is 5.73 Å². The van der Waals surface area contributed by atoms with Crippen molar-refractivity contribution in [2.45, 2.75) is 6.54 Å². The molecule has 3 aromatic heterocycles. The number of hydrogen-bond donors (Lipinski definition) is 2.